The molecule has 0 aliphatic rings. The van der Waals surface area contributed by atoms with Gasteiger partial charge in [0.25, 0.3) is 0 Å². The van der Waals surface area contributed by atoms with Crippen LogP contribution >= 0.6 is 27.3 Å². The first kappa shape index (κ1) is 14.9. The molecule has 0 atom stereocenters. The third kappa shape index (κ3) is 2.99. The summed E-state index contributed by atoms with van der Waals surface area (Å²) in [5.74, 6) is -0.591. The first-order valence-corrected chi connectivity index (χ1v) is 7.52. The van der Waals surface area contributed by atoms with E-state index >= 15 is 0 Å². The second-order valence-electron chi connectivity index (χ2n) is 4.39. The maximum absolute atomic E-state index is 14.3. The number of nitrogens with zero attached hydrogens (tertiary/aromatic N) is 2. The van der Waals surface area contributed by atoms with Crippen molar-refractivity contribution in [2.75, 3.05) is 11.9 Å². The predicted octanol–water partition coefficient (Wildman–Crippen LogP) is 3.27. The number of thiazole rings is 1. The predicted molar refractivity (Wildman–Crippen MR) is 84.1 cm³/mol. The minimum absolute atomic E-state index is 0.167. The topological polar surface area (TPSA) is 66.0 Å². The molecule has 0 saturated heterocycles. The highest BCUT2D eigenvalue weighted by Crippen LogP contribution is 2.29. The molecule has 20 heavy (non-hydrogen) atoms. The lowest BCUT2D eigenvalue weighted by atomic mass is 10.1. The van der Waals surface area contributed by atoms with E-state index in [0.29, 0.717) is 17.8 Å². The van der Waals surface area contributed by atoms with Gasteiger partial charge in [0.05, 0.1) is 27.4 Å². The van der Waals surface area contributed by atoms with Crippen LogP contribution in [0.3, 0.4) is 0 Å². The van der Waals surface area contributed by atoms with Gasteiger partial charge < -0.3 is 10.6 Å². The zero-order chi connectivity index (χ0) is 14.9. The molecule has 0 aliphatic carbocycles. The number of hydrogen-bond donors (Lipinski definition) is 2. The van der Waals surface area contributed by atoms with Crippen LogP contribution in [-0.2, 0) is 6.54 Å². The maximum atomic E-state index is 14.3. The monoisotopic (exact) mass is 356 g/mol. The van der Waals surface area contributed by atoms with Gasteiger partial charge in [0.2, 0.25) is 0 Å². The zero-order valence-electron chi connectivity index (χ0n) is 11.1. The molecule has 106 valence electrons. The summed E-state index contributed by atoms with van der Waals surface area (Å²) in [6.45, 7) is 2.46. The number of amidine groups is 1. The van der Waals surface area contributed by atoms with Crippen molar-refractivity contribution in [2.24, 2.45) is 5.73 Å². The van der Waals surface area contributed by atoms with Crippen LogP contribution < -0.4 is 10.6 Å². The second-order valence-corrected chi connectivity index (χ2v) is 6.24. The summed E-state index contributed by atoms with van der Waals surface area (Å²) >= 11 is 4.72. The molecule has 0 amide bonds. The largest absolute Gasteiger partial charge is 0.384 e. The summed E-state index contributed by atoms with van der Waals surface area (Å²) < 4.78 is 14.5. The van der Waals surface area contributed by atoms with Crippen LogP contribution in [0.5, 0.6) is 0 Å². The summed E-state index contributed by atoms with van der Waals surface area (Å²) in [6.07, 6.45) is 0. The van der Waals surface area contributed by atoms with Gasteiger partial charge in [-0.25, -0.2) is 9.37 Å². The van der Waals surface area contributed by atoms with E-state index < -0.39 is 5.82 Å². The van der Waals surface area contributed by atoms with Crippen molar-refractivity contribution in [1.82, 2.24) is 4.98 Å². The average Bonchev–Trinajstić information content (AvgIpc) is 2.77. The van der Waals surface area contributed by atoms with Crippen LogP contribution in [0.4, 0.5) is 10.1 Å². The number of anilines is 1. The Morgan fingerprint density at radius 3 is 2.80 bits per heavy atom. The number of aromatic nitrogens is 1. The second kappa shape index (κ2) is 5.88. The molecule has 1 aromatic carbocycles. The van der Waals surface area contributed by atoms with Gasteiger partial charge in [-0.2, -0.15) is 0 Å². The minimum atomic E-state index is -0.424. The lowest BCUT2D eigenvalue weighted by Gasteiger charge is -2.20. The first-order chi connectivity index (χ1) is 9.40. The summed E-state index contributed by atoms with van der Waals surface area (Å²) in [4.78, 5) is 6.14. The highest BCUT2D eigenvalue weighted by Gasteiger charge is 2.16. The maximum Gasteiger partial charge on any atom is 0.161 e. The lowest BCUT2D eigenvalue weighted by Crippen LogP contribution is -2.19. The summed E-state index contributed by atoms with van der Waals surface area (Å²) in [6, 6.07) is 3.25. The van der Waals surface area contributed by atoms with Crippen molar-refractivity contribution in [3.8, 4) is 0 Å². The molecule has 0 unspecified atom stereocenters. The Hall–Kier alpha value is -1.47. The Kier molecular flexibility index (Phi) is 4.39. The van der Waals surface area contributed by atoms with E-state index in [-0.39, 0.29) is 10.3 Å². The smallest absolute Gasteiger partial charge is 0.161 e. The van der Waals surface area contributed by atoms with Crippen LogP contribution in [-0.4, -0.2) is 17.9 Å². The number of hydrogen-bond acceptors (Lipinski definition) is 4. The van der Waals surface area contributed by atoms with Gasteiger partial charge >= 0.3 is 0 Å². The molecule has 0 fully saturated rings. The van der Waals surface area contributed by atoms with E-state index in [9.17, 15) is 4.39 Å². The molecule has 1 heterocycles. The fraction of sp³-hybridized carbons (Fsp3) is 0.231. The van der Waals surface area contributed by atoms with Gasteiger partial charge in [-0.1, -0.05) is 0 Å². The highest BCUT2D eigenvalue weighted by molar-refractivity contribution is 9.10. The Morgan fingerprint density at radius 2 is 2.25 bits per heavy atom. The van der Waals surface area contributed by atoms with Crippen molar-refractivity contribution < 1.29 is 4.39 Å². The lowest BCUT2D eigenvalue weighted by molar-refractivity contribution is 0.615. The van der Waals surface area contributed by atoms with E-state index in [1.54, 1.807) is 35.4 Å². The first-order valence-electron chi connectivity index (χ1n) is 5.84. The minimum Gasteiger partial charge on any atom is -0.384 e. The molecule has 1 aromatic heterocycles. The summed E-state index contributed by atoms with van der Waals surface area (Å²) in [5, 5.41) is 10.3. The highest BCUT2D eigenvalue weighted by atomic mass is 79.9. The normalized spacial score (nSPS) is 10.6. The third-order valence-electron chi connectivity index (χ3n) is 2.83. The molecule has 2 aromatic rings. The number of rotatable bonds is 4. The molecule has 7 heteroatoms. The van der Waals surface area contributed by atoms with Crippen LogP contribution in [0.1, 0.15) is 16.3 Å². The summed E-state index contributed by atoms with van der Waals surface area (Å²) in [5.41, 5.74) is 7.09. The standard InChI is InChI=1S/C13H14BrFN4S/c1-7-18-8(6-20-7)5-19(2)10-4-3-9(13(16)17)11(14)12(10)15/h3-4,6H,5H2,1-2H3,(H3,16,17). The van der Waals surface area contributed by atoms with Gasteiger partial charge in [0, 0.05) is 18.0 Å². The molecule has 0 bridgehead atoms. The average molecular weight is 357 g/mol. The quantitative estimate of drug-likeness (QED) is 0.652. The van der Waals surface area contributed by atoms with Gasteiger partial charge in [-0.05, 0) is 35.0 Å². The van der Waals surface area contributed by atoms with Gasteiger partial charge in [-0.3, -0.25) is 5.41 Å². The molecule has 0 spiro atoms. The third-order valence-corrected chi connectivity index (χ3v) is 4.43. The number of benzene rings is 1. The van der Waals surface area contributed by atoms with Crippen molar-refractivity contribution >= 4 is 38.8 Å². The van der Waals surface area contributed by atoms with E-state index in [0.717, 1.165) is 10.7 Å². The van der Waals surface area contributed by atoms with Crippen LogP contribution in [0, 0.1) is 18.2 Å². The Labute approximate surface area is 129 Å². The summed E-state index contributed by atoms with van der Waals surface area (Å²) in [7, 11) is 1.80. The van der Waals surface area contributed by atoms with Gasteiger partial charge in [-0.15, -0.1) is 11.3 Å². The molecule has 0 aliphatic heterocycles. The molecular weight excluding hydrogens is 343 g/mol. The molecular formula is C13H14BrFN4S. The molecule has 4 nitrogen and oxygen atoms in total. The Morgan fingerprint density at radius 1 is 1.55 bits per heavy atom. The number of nitrogens with one attached hydrogen (secondary N) is 1. The van der Waals surface area contributed by atoms with Crippen molar-refractivity contribution in [1.29, 1.82) is 5.41 Å². The molecule has 3 N–H and O–H groups in total. The van der Waals surface area contributed by atoms with Crippen LogP contribution in [0.2, 0.25) is 0 Å². The van der Waals surface area contributed by atoms with Crippen molar-refractivity contribution in [2.45, 2.75) is 13.5 Å². The van der Waals surface area contributed by atoms with E-state index in [2.05, 4.69) is 20.9 Å². The Balaban J connectivity index is 2.28. The SMILES string of the molecule is Cc1nc(CN(C)c2ccc(C(=N)N)c(Br)c2F)cs1. The van der Waals surface area contributed by atoms with Crippen LogP contribution in [0.25, 0.3) is 0 Å². The van der Waals surface area contributed by atoms with E-state index in [1.165, 1.54) is 0 Å². The number of halogens is 2. The van der Waals surface area contributed by atoms with E-state index in [4.69, 9.17) is 11.1 Å². The number of nitrogens with two attached hydrogens (primary N) is 1. The fourth-order valence-corrected chi connectivity index (χ4v) is 3.00. The molecule has 0 radical (unpaired) electrons. The van der Waals surface area contributed by atoms with Crippen molar-refractivity contribution in [3.63, 3.8) is 0 Å². The molecule has 0 saturated carbocycles. The Bertz CT molecular complexity index is 656. The fourth-order valence-electron chi connectivity index (χ4n) is 1.85. The van der Waals surface area contributed by atoms with Crippen molar-refractivity contribution in [3.05, 3.63) is 44.1 Å². The van der Waals surface area contributed by atoms with E-state index in [1.807, 2.05) is 12.3 Å². The number of aryl methyl sites for hydroxylation is 1. The van der Waals surface area contributed by atoms with Crippen LogP contribution in [0.15, 0.2) is 22.0 Å². The van der Waals surface area contributed by atoms with Gasteiger partial charge in [0.1, 0.15) is 5.84 Å². The van der Waals surface area contributed by atoms with Gasteiger partial charge in [0.15, 0.2) is 5.82 Å². The zero-order valence-corrected chi connectivity index (χ0v) is 13.5. The number of nitrogen functional groups attached to an aromatic ring is 1. The molecule has 2 rings (SSSR count).